The molecule has 2 fully saturated rings. The third kappa shape index (κ3) is 7.50. The molecule has 3 aliphatic rings. The van der Waals surface area contributed by atoms with Gasteiger partial charge in [-0.1, -0.05) is 11.8 Å². The quantitative estimate of drug-likeness (QED) is 0.0708. The Morgan fingerprint density at radius 2 is 2.04 bits per heavy atom. The predicted octanol–water partition coefficient (Wildman–Crippen LogP) is -4.57. The van der Waals surface area contributed by atoms with E-state index in [1.165, 1.54) is 46.6 Å². The third-order valence-electron chi connectivity index (χ3n) is 8.13. The van der Waals surface area contributed by atoms with Crippen LogP contribution in [0.1, 0.15) is 37.5 Å². The summed E-state index contributed by atoms with van der Waals surface area (Å²) in [5.74, 6) is -2.74. The molecule has 6 N–H and O–H groups in total. The van der Waals surface area contributed by atoms with E-state index in [9.17, 15) is 34.2 Å². The number of hydrogen-bond acceptors (Lipinski definition) is 15. The molecule has 0 bridgehead atoms. The zero-order chi connectivity index (χ0) is 34.1. The van der Waals surface area contributed by atoms with Crippen molar-refractivity contribution in [3.05, 3.63) is 52.0 Å². The number of nitrogens with one attached hydrogen (secondary N) is 3. The average molecular weight is 724 g/mol. The largest absolute Gasteiger partial charge is 1.00 e. The van der Waals surface area contributed by atoms with E-state index in [0.717, 1.165) is 11.1 Å². The molecule has 2 aliphatic heterocycles. The van der Waals surface area contributed by atoms with E-state index in [1.54, 1.807) is 7.05 Å². The summed E-state index contributed by atoms with van der Waals surface area (Å²) < 4.78 is 6.87. The number of anilines is 2. The first-order valence-electron chi connectivity index (χ1n) is 14.7. The van der Waals surface area contributed by atoms with E-state index < -0.39 is 46.8 Å². The number of amides is 4. The maximum absolute atomic E-state index is 13.9. The molecule has 0 aromatic carbocycles. The fourth-order valence-corrected chi connectivity index (χ4v) is 8.10. The summed E-state index contributed by atoms with van der Waals surface area (Å²) in [4.78, 5) is 74.0. The number of aromatic amines is 1. The SMILES string of the molecule is Cn1nnnc1SCC1=C(C(=O)[O-])N2C(=O)C(NC(=O)C(c3ccco3)N(C(N)=O)c3cnc(NC4CCC(O)CC4)[nH]c3=O)[C@@H]2SC1.[Na+]. The fourth-order valence-electron chi connectivity index (χ4n) is 5.76. The monoisotopic (exact) mass is 723 g/mol. The van der Waals surface area contributed by atoms with Gasteiger partial charge in [0, 0.05) is 24.6 Å². The van der Waals surface area contributed by atoms with Crippen LogP contribution in [0.4, 0.5) is 16.4 Å². The second-order valence-corrected chi connectivity index (χ2v) is 13.3. The van der Waals surface area contributed by atoms with Crippen LogP contribution in [-0.2, 0) is 21.4 Å². The van der Waals surface area contributed by atoms with Gasteiger partial charge in [-0.25, -0.2) is 14.5 Å². The Hall–Kier alpha value is -3.89. The van der Waals surface area contributed by atoms with Crippen LogP contribution in [-0.4, -0.2) is 99.1 Å². The standard InChI is InChI=1S/C27H31N11O8S2.Na/c1-36-27(33-34-35-36)48-11-12-10-47-23-17(22(42)38(23)18(12)24(43)44)31-21(41)19(16-3-2-8-46-16)37(25(28)45)15-9-29-26(32-20(15)40)30-13-4-6-14(39)7-5-13;/h2-3,8-9,13-14,17,19,23,39H,4-7,10-11H2,1H3,(H2,28,45)(H,31,41)(H,43,44)(H2,29,30,32,40);/q;+1/p-1/t13?,14?,17?,19?,23-;/m0./s1. The number of aromatic nitrogens is 6. The van der Waals surface area contributed by atoms with Crippen LogP contribution in [0.2, 0.25) is 0 Å². The molecule has 3 aromatic rings. The number of primary amides is 1. The molecule has 6 rings (SSSR count). The number of urea groups is 1. The van der Waals surface area contributed by atoms with Crippen molar-refractivity contribution in [1.29, 1.82) is 0 Å². The normalized spacial score (nSPS) is 22.3. The van der Waals surface area contributed by atoms with Gasteiger partial charge in [-0.3, -0.25) is 29.2 Å². The number of carboxylic acids is 1. The summed E-state index contributed by atoms with van der Waals surface area (Å²) in [5.41, 5.74) is 4.68. The number of aliphatic hydroxyl groups is 1. The van der Waals surface area contributed by atoms with Crippen molar-refractivity contribution in [3.8, 4) is 0 Å². The zero-order valence-corrected chi connectivity index (χ0v) is 29.9. The van der Waals surface area contributed by atoms with Crippen LogP contribution in [0.25, 0.3) is 0 Å². The fraction of sp³-hybridized carbons (Fsp3) is 0.444. The van der Waals surface area contributed by atoms with Crippen molar-refractivity contribution < 1.29 is 63.4 Å². The molecule has 22 heteroatoms. The Balaban J connectivity index is 0.00000468. The first-order chi connectivity index (χ1) is 23.0. The summed E-state index contributed by atoms with van der Waals surface area (Å²) in [6.45, 7) is 0. The van der Waals surface area contributed by atoms with Crippen LogP contribution in [0.3, 0.4) is 0 Å². The number of rotatable bonds is 11. The molecule has 1 saturated carbocycles. The van der Waals surface area contributed by atoms with Gasteiger partial charge < -0.3 is 35.8 Å². The van der Waals surface area contributed by atoms with Gasteiger partial charge in [0.25, 0.3) is 17.4 Å². The molecule has 49 heavy (non-hydrogen) atoms. The van der Waals surface area contributed by atoms with Crippen LogP contribution < -0.4 is 61.5 Å². The predicted molar refractivity (Wildman–Crippen MR) is 167 cm³/mol. The Bertz CT molecular complexity index is 1810. The van der Waals surface area contributed by atoms with E-state index in [0.29, 0.717) is 41.3 Å². The summed E-state index contributed by atoms with van der Waals surface area (Å²) in [7, 11) is 1.63. The number of furan rings is 1. The zero-order valence-electron chi connectivity index (χ0n) is 26.3. The van der Waals surface area contributed by atoms with Gasteiger partial charge in [0.1, 0.15) is 22.9 Å². The molecular formula is C27H30N11NaO8S2. The first kappa shape index (κ1) is 36.4. The smallest absolute Gasteiger partial charge is 0.543 e. The van der Waals surface area contributed by atoms with E-state index in [2.05, 4.69) is 36.1 Å². The summed E-state index contributed by atoms with van der Waals surface area (Å²) >= 11 is 2.42. The van der Waals surface area contributed by atoms with Gasteiger partial charge in [0.2, 0.25) is 11.1 Å². The number of tetrazole rings is 1. The minimum Gasteiger partial charge on any atom is -0.543 e. The molecule has 19 nitrogen and oxygen atoms in total. The number of hydrogen-bond donors (Lipinski definition) is 5. The number of nitrogens with two attached hydrogens (primary N) is 1. The van der Waals surface area contributed by atoms with Gasteiger partial charge in [0.05, 0.1) is 30.2 Å². The van der Waals surface area contributed by atoms with E-state index >= 15 is 0 Å². The van der Waals surface area contributed by atoms with Crippen LogP contribution in [0, 0.1) is 0 Å². The maximum atomic E-state index is 13.9. The van der Waals surface area contributed by atoms with Crippen molar-refractivity contribution in [2.75, 3.05) is 21.7 Å². The Labute approximate surface area is 308 Å². The maximum Gasteiger partial charge on any atom is 1.00 e. The number of H-pyrrole nitrogens is 1. The number of aliphatic hydroxyl groups excluding tert-OH is 1. The molecule has 3 aromatic heterocycles. The van der Waals surface area contributed by atoms with Crippen molar-refractivity contribution in [2.24, 2.45) is 12.8 Å². The minimum absolute atomic E-state index is 0. The second-order valence-electron chi connectivity index (χ2n) is 11.2. The Morgan fingerprint density at radius 1 is 1.29 bits per heavy atom. The molecule has 4 amide bonds. The van der Waals surface area contributed by atoms with E-state index in [1.807, 2.05) is 0 Å². The second kappa shape index (κ2) is 15.3. The average Bonchev–Trinajstić information content (AvgIpc) is 3.74. The molecule has 254 valence electrons. The van der Waals surface area contributed by atoms with Crippen LogP contribution >= 0.6 is 23.5 Å². The van der Waals surface area contributed by atoms with Gasteiger partial charge in [-0.15, -0.1) is 16.9 Å². The summed E-state index contributed by atoms with van der Waals surface area (Å²) in [5, 5.41) is 38.4. The Kier molecular flexibility index (Phi) is 11.4. The van der Waals surface area contributed by atoms with Crippen LogP contribution in [0.15, 0.2) is 50.2 Å². The number of carbonyl (C=O) groups is 4. The molecule has 1 saturated heterocycles. The van der Waals surface area contributed by atoms with Gasteiger partial charge in [-0.2, -0.15) is 0 Å². The molecule has 1 aliphatic carbocycles. The molecule has 5 heterocycles. The number of aliphatic carboxylic acids is 1. The molecule has 3 atom stereocenters. The number of carboxylic acid groups (broad SMARTS) is 1. The number of thioether (sulfide) groups is 2. The van der Waals surface area contributed by atoms with Crippen molar-refractivity contribution >= 4 is 59.0 Å². The number of β-lactam (4-membered cyclic amide) rings is 1. The van der Waals surface area contributed by atoms with Gasteiger partial charge >= 0.3 is 35.6 Å². The third-order valence-corrected chi connectivity index (χ3v) is 10.6. The topological polar surface area (TPSA) is 271 Å². The first-order valence-corrected chi connectivity index (χ1v) is 16.8. The Morgan fingerprint density at radius 3 is 2.65 bits per heavy atom. The van der Waals surface area contributed by atoms with E-state index in [-0.39, 0.29) is 76.3 Å². The molecular weight excluding hydrogens is 693 g/mol. The molecule has 0 radical (unpaired) electrons. The number of fused-ring (bicyclic) bond motifs is 1. The molecule has 0 spiro atoms. The summed E-state index contributed by atoms with van der Waals surface area (Å²) in [6.07, 6.45) is 4.51. The molecule has 2 unspecified atom stereocenters. The number of carbonyl (C=O) groups excluding carboxylic acids is 4. The number of nitrogens with zero attached hydrogens (tertiary/aromatic N) is 7. The summed E-state index contributed by atoms with van der Waals surface area (Å²) in [6, 6.07) is -1.18. The van der Waals surface area contributed by atoms with E-state index in [4.69, 9.17) is 10.2 Å². The van der Waals surface area contributed by atoms with Crippen molar-refractivity contribution in [1.82, 2.24) is 40.4 Å². The van der Waals surface area contributed by atoms with Crippen molar-refractivity contribution in [3.63, 3.8) is 0 Å². The minimum atomic E-state index is -1.64. The van der Waals surface area contributed by atoms with Gasteiger partial charge in [0.15, 0.2) is 6.04 Å². The van der Waals surface area contributed by atoms with Crippen molar-refractivity contribution in [2.45, 2.75) is 60.4 Å². The van der Waals surface area contributed by atoms with Crippen LogP contribution in [0.5, 0.6) is 0 Å². The number of aryl methyl sites for hydroxylation is 1. The van der Waals surface area contributed by atoms with Gasteiger partial charge in [-0.05, 0) is 53.8 Å².